The van der Waals surface area contributed by atoms with Crippen LogP contribution in [0.5, 0.6) is 5.75 Å². The third kappa shape index (κ3) is 3.14. The van der Waals surface area contributed by atoms with Crippen LogP contribution in [0.4, 0.5) is 10.1 Å². The molecule has 18 heavy (non-hydrogen) atoms. The highest BCUT2D eigenvalue weighted by Crippen LogP contribution is 2.29. The molecule has 0 bridgehead atoms. The van der Waals surface area contributed by atoms with E-state index in [1.165, 1.54) is 13.1 Å². The number of ether oxygens (including phenoxy) is 1. The Hall–Kier alpha value is -2.22. The van der Waals surface area contributed by atoms with E-state index in [4.69, 9.17) is 9.84 Å². The highest BCUT2D eigenvalue weighted by molar-refractivity contribution is 5.73. The second-order valence-corrected chi connectivity index (χ2v) is 3.34. The third-order valence-corrected chi connectivity index (χ3v) is 2.18. The number of aliphatic carboxylic acids is 1. The average molecular weight is 258 g/mol. The summed E-state index contributed by atoms with van der Waals surface area (Å²) in [6, 6.07) is 2.17. The number of carboxylic acids is 1. The summed E-state index contributed by atoms with van der Waals surface area (Å²) in [7, 11) is 1.39. The summed E-state index contributed by atoms with van der Waals surface area (Å²) in [4.78, 5) is 20.5. The molecule has 0 aliphatic rings. The molecule has 0 saturated carbocycles. The number of hydrogen-bond donors (Lipinski definition) is 2. The number of nitrogens with one attached hydrogen (secondary N) is 1. The molecule has 0 radical (unpaired) electrons. The zero-order chi connectivity index (χ0) is 13.7. The first kappa shape index (κ1) is 13.8. The third-order valence-electron chi connectivity index (χ3n) is 2.18. The number of nitro benzene ring substituents is 1. The Kier molecular flexibility index (Phi) is 4.55. The number of para-hydroxylation sites is 1. The normalized spacial score (nSPS) is 11.9. The molecule has 1 rings (SSSR count). The zero-order valence-electron chi connectivity index (χ0n) is 9.42. The van der Waals surface area contributed by atoms with Crippen LogP contribution in [0.25, 0.3) is 0 Å². The van der Waals surface area contributed by atoms with Crippen LogP contribution >= 0.6 is 0 Å². The van der Waals surface area contributed by atoms with Crippen LogP contribution in [0.15, 0.2) is 18.2 Å². The van der Waals surface area contributed by atoms with E-state index >= 15 is 0 Å². The van der Waals surface area contributed by atoms with Gasteiger partial charge in [-0.05, 0) is 13.1 Å². The monoisotopic (exact) mass is 258 g/mol. The minimum Gasteiger partial charge on any atom is -0.482 e. The van der Waals surface area contributed by atoms with Gasteiger partial charge in [-0.1, -0.05) is 6.07 Å². The van der Waals surface area contributed by atoms with Crippen LogP contribution in [0, 0.1) is 15.9 Å². The van der Waals surface area contributed by atoms with Gasteiger partial charge in [-0.25, -0.2) is 4.39 Å². The molecular formula is C10H11FN2O5. The van der Waals surface area contributed by atoms with E-state index in [1.54, 1.807) is 0 Å². The molecule has 0 aliphatic heterocycles. The van der Waals surface area contributed by atoms with E-state index in [9.17, 15) is 19.3 Å². The molecule has 0 spiro atoms. The van der Waals surface area contributed by atoms with Gasteiger partial charge in [0.2, 0.25) is 5.75 Å². The highest BCUT2D eigenvalue weighted by Gasteiger charge is 2.22. The van der Waals surface area contributed by atoms with Crippen molar-refractivity contribution in [1.82, 2.24) is 5.32 Å². The van der Waals surface area contributed by atoms with Gasteiger partial charge in [-0.3, -0.25) is 14.9 Å². The van der Waals surface area contributed by atoms with Crippen LogP contribution < -0.4 is 10.1 Å². The molecule has 1 aromatic carbocycles. The van der Waals surface area contributed by atoms with Gasteiger partial charge in [0.1, 0.15) is 12.6 Å². The lowest BCUT2D eigenvalue weighted by Gasteiger charge is -2.13. The van der Waals surface area contributed by atoms with E-state index in [-0.39, 0.29) is 0 Å². The molecule has 1 unspecified atom stereocenters. The summed E-state index contributed by atoms with van der Waals surface area (Å²) < 4.78 is 18.3. The van der Waals surface area contributed by atoms with E-state index in [0.29, 0.717) is 0 Å². The minimum atomic E-state index is -1.20. The van der Waals surface area contributed by atoms with Crippen molar-refractivity contribution in [3.05, 3.63) is 34.1 Å². The SMILES string of the molecule is CNC(COc1c(F)cccc1[N+](=O)[O-])C(=O)O. The lowest BCUT2D eigenvalue weighted by molar-refractivity contribution is -0.386. The Labute approximate surface area is 101 Å². The predicted molar refractivity (Wildman–Crippen MR) is 59.0 cm³/mol. The maximum atomic E-state index is 13.4. The summed E-state index contributed by atoms with van der Waals surface area (Å²) in [5.41, 5.74) is -0.546. The number of benzene rings is 1. The van der Waals surface area contributed by atoms with Crippen molar-refractivity contribution in [1.29, 1.82) is 0 Å². The molecule has 0 aliphatic carbocycles. The zero-order valence-corrected chi connectivity index (χ0v) is 9.42. The Balaban J connectivity index is 2.90. The fourth-order valence-electron chi connectivity index (χ4n) is 1.23. The molecule has 7 nitrogen and oxygen atoms in total. The largest absolute Gasteiger partial charge is 0.482 e. The second-order valence-electron chi connectivity index (χ2n) is 3.34. The number of nitro groups is 1. The maximum Gasteiger partial charge on any atom is 0.324 e. The number of carboxylic acid groups (broad SMARTS) is 1. The van der Waals surface area contributed by atoms with Crippen molar-refractivity contribution >= 4 is 11.7 Å². The van der Waals surface area contributed by atoms with Gasteiger partial charge in [0.25, 0.3) is 0 Å². The van der Waals surface area contributed by atoms with Crippen LogP contribution in [0.2, 0.25) is 0 Å². The first-order chi connectivity index (χ1) is 8.47. The summed E-state index contributed by atoms with van der Waals surface area (Å²) in [6.07, 6.45) is 0. The Morgan fingerprint density at radius 2 is 2.33 bits per heavy atom. The number of carbonyl (C=O) groups is 1. The molecule has 0 aromatic heterocycles. The highest BCUT2D eigenvalue weighted by atomic mass is 19.1. The van der Waals surface area contributed by atoms with Crippen molar-refractivity contribution in [2.45, 2.75) is 6.04 Å². The van der Waals surface area contributed by atoms with Crippen LogP contribution in [-0.2, 0) is 4.79 Å². The summed E-state index contributed by atoms with van der Waals surface area (Å²) in [5, 5.41) is 21.8. The maximum absolute atomic E-state index is 13.4. The van der Waals surface area contributed by atoms with Gasteiger partial charge in [-0.2, -0.15) is 0 Å². The Bertz CT molecular complexity index is 466. The van der Waals surface area contributed by atoms with E-state index in [0.717, 1.165) is 12.1 Å². The fourth-order valence-corrected chi connectivity index (χ4v) is 1.23. The smallest absolute Gasteiger partial charge is 0.324 e. The lowest BCUT2D eigenvalue weighted by Crippen LogP contribution is -2.39. The van der Waals surface area contributed by atoms with Crippen LogP contribution in [0.3, 0.4) is 0 Å². The predicted octanol–water partition coefficient (Wildman–Crippen LogP) is 0.785. The van der Waals surface area contributed by atoms with E-state index in [1.807, 2.05) is 0 Å². The van der Waals surface area contributed by atoms with E-state index < -0.39 is 40.8 Å². The van der Waals surface area contributed by atoms with Gasteiger partial charge in [0, 0.05) is 6.07 Å². The first-order valence-electron chi connectivity index (χ1n) is 4.93. The van der Waals surface area contributed by atoms with Crippen molar-refractivity contribution in [2.24, 2.45) is 0 Å². The number of halogens is 1. The second kappa shape index (κ2) is 5.92. The van der Waals surface area contributed by atoms with Crippen molar-refractivity contribution < 1.29 is 24.0 Å². The number of likely N-dealkylation sites (N-methyl/N-ethyl adjacent to an activating group) is 1. The molecule has 0 heterocycles. The summed E-state index contributed by atoms with van der Waals surface area (Å²) in [6.45, 7) is -0.423. The van der Waals surface area contributed by atoms with Gasteiger partial charge in [0.15, 0.2) is 5.82 Å². The van der Waals surface area contributed by atoms with Crippen LogP contribution in [0.1, 0.15) is 0 Å². The molecule has 0 saturated heterocycles. The van der Waals surface area contributed by atoms with E-state index in [2.05, 4.69) is 5.32 Å². The minimum absolute atomic E-state index is 0.423. The Morgan fingerprint density at radius 1 is 1.67 bits per heavy atom. The van der Waals surface area contributed by atoms with Gasteiger partial charge in [-0.15, -0.1) is 0 Å². The molecule has 1 aromatic rings. The topological polar surface area (TPSA) is 102 Å². The van der Waals surface area contributed by atoms with Gasteiger partial charge in [0.05, 0.1) is 4.92 Å². The first-order valence-corrected chi connectivity index (χ1v) is 4.93. The fraction of sp³-hybridized carbons (Fsp3) is 0.300. The molecular weight excluding hydrogens is 247 g/mol. The quantitative estimate of drug-likeness (QED) is 0.577. The molecule has 98 valence electrons. The standard InChI is InChI=1S/C10H11FN2O5/c1-12-7(10(14)15)5-18-9-6(11)3-2-4-8(9)13(16)17/h2-4,7,12H,5H2,1H3,(H,14,15). The molecule has 0 fully saturated rings. The van der Waals surface area contributed by atoms with Crippen molar-refractivity contribution in [2.75, 3.05) is 13.7 Å². The lowest BCUT2D eigenvalue weighted by atomic mass is 10.2. The van der Waals surface area contributed by atoms with Crippen molar-refractivity contribution in [3.8, 4) is 5.75 Å². The van der Waals surface area contributed by atoms with Crippen LogP contribution in [-0.4, -0.2) is 35.7 Å². The number of rotatable bonds is 6. The molecule has 8 heteroatoms. The number of hydrogen-bond acceptors (Lipinski definition) is 5. The molecule has 2 N–H and O–H groups in total. The Morgan fingerprint density at radius 3 is 2.83 bits per heavy atom. The van der Waals surface area contributed by atoms with Crippen molar-refractivity contribution in [3.63, 3.8) is 0 Å². The average Bonchev–Trinajstić information content (AvgIpc) is 2.30. The molecule has 0 amide bonds. The summed E-state index contributed by atoms with van der Waals surface area (Å²) in [5.74, 6) is -2.68. The van der Waals surface area contributed by atoms with Gasteiger partial charge >= 0.3 is 11.7 Å². The molecule has 1 atom stereocenters. The van der Waals surface area contributed by atoms with Gasteiger partial charge < -0.3 is 15.2 Å². The number of nitrogens with zero attached hydrogens (tertiary/aromatic N) is 1. The summed E-state index contributed by atoms with van der Waals surface area (Å²) >= 11 is 0.